The number of carbonyl (C=O) groups is 2. The van der Waals surface area contributed by atoms with Gasteiger partial charge in [0.15, 0.2) is 23.3 Å². The molecule has 2 aliphatic rings. The van der Waals surface area contributed by atoms with Crippen molar-refractivity contribution in [3.8, 4) is 11.5 Å². The zero-order valence-corrected chi connectivity index (χ0v) is 23.8. The van der Waals surface area contributed by atoms with E-state index in [1.54, 1.807) is 18.0 Å². The maximum absolute atomic E-state index is 13.0. The number of anilines is 1. The Bertz CT molecular complexity index is 1210. The van der Waals surface area contributed by atoms with Crippen LogP contribution in [0.3, 0.4) is 0 Å². The van der Waals surface area contributed by atoms with Crippen molar-refractivity contribution in [3.63, 3.8) is 0 Å². The lowest BCUT2D eigenvalue weighted by Gasteiger charge is -2.28. The fourth-order valence-electron chi connectivity index (χ4n) is 3.74. The Morgan fingerprint density at radius 2 is 1.92 bits per heavy atom. The Morgan fingerprint density at radius 3 is 2.59 bits per heavy atom. The quantitative estimate of drug-likeness (QED) is 0.241. The van der Waals surface area contributed by atoms with Crippen LogP contribution in [0.15, 0.2) is 46.3 Å². The van der Waals surface area contributed by atoms with Gasteiger partial charge in [0.1, 0.15) is 0 Å². The Labute approximate surface area is 233 Å². The lowest BCUT2D eigenvalue weighted by molar-refractivity contribution is -0.143. The van der Waals surface area contributed by atoms with E-state index in [0.717, 1.165) is 46.8 Å². The Balaban J connectivity index is 1.53. The first kappa shape index (κ1) is 27.3. The van der Waals surface area contributed by atoms with Crippen LogP contribution < -0.4 is 14.4 Å². The van der Waals surface area contributed by atoms with Gasteiger partial charge in [-0.2, -0.15) is 0 Å². The van der Waals surface area contributed by atoms with Crippen molar-refractivity contribution in [2.75, 3.05) is 58.6 Å². The maximum atomic E-state index is 13.0. The fourth-order valence-corrected chi connectivity index (χ4v) is 5.51. The number of ether oxygens (including phenoxy) is 4. The summed E-state index contributed by atoms with van der Waals surface area (Å²) in [5.74, 6) is 0.333. The molecule has 0 saturated carbocycles. The van der Waals surface area contributed by atoms with E-state index in [0.29, 0.717) is 28.2 Å². The van der Waals surface area contributed by atoms with Gasteiger partial charge in [-0.15, -0.1) is 0 Å². The van der Waals surface area contributed by atoms with Gasteiger partial charge >= 0.3 is 5.97 Å². The third-order valence-electron chi connectivity index (χ3n) is 5.65. The standard InChI is InChI=1S/C26H28IN3O6S/c1-4-35-21-14-17(13-20(27)24(21)36-16-23(31)33-3)15-22-25(32)29(2)26(37-22)28-18-5-7-19(8-6-18)30-9-11-34-12-10-30/h5-8,13-15H,4,9-12,16H2,1-3H3/b22-15-,28-26?. The van der Waals surface area contributed by atoms with Crippen LogP contribution in [-0.4, -0.2) is 75.6 Å². The molecule has 0 spiro atoms. The minimum Gasteiger partial charge on any atom is -0.490 e. The molecule has 0 aromatic heterocycles. The molecule has 0 N–H and O–H groups in total. The van der Waals surface area contributed by atoms with Gasteiger partial charge in [0.25, 0.3) is 5.91 Å². The molecule has 37 heavy (non-hydrogen) atoms. The van der Waals surface area contributed by atoms with Crippen LogP contribution in [0.1, 0.15) is 12.5 Å². The summed E-state index contributed by atoms with van der Waals surface area (Å²) < 4.78 is 22.2. The molecule has 1 amide bonds. The number of morpholine rings is 1. The second-order valence-electron chi connectivity index (χ2n) is 8.11. The van der Waals surface area contributed by atoms with Crippen molar-refractivity contribution in [2.45, 2.75) is 6.92 Å². The van der Waals surface area contributed by atoms with Gasteiger partial charge in [0, 0.05) is 25.8 Å². The molecule has 2 heterocycles. The summed E-state index contributed by atoms with van der Waals surface area (Å²) in [7, 11) is 3.02. The summed E-state index contributed by atoms with van der Waals surface area (Å²) in [6.45, 7) is 5.27. The van der Waals surface area contributed by atoms with Crippen molar-refractivity contribution in [1.82, 2.24) is 4.90 Å². The molecule has 0 aliphatic carbocycles. The van der Waals surface area contributed by atoms with Gasteiger partial charge < -0.3 is 23.8 Å². The highest BCUT2D eigenvalue weighted by Gasteiger charge is 2.30. The molecule has 4 rings (SSSR count). The van der Waals surface area contributed by atoms with Crippen LogP contribution in [0.25, 0.3) is 6.08 Å². The van der Waals surface area contributed by atoms with E-state index in [4.69, 9.17) is 19.2 Å². The number of rotatable bonds is 8. The summed E-state index contributed by atoms with van der Waals surface area (Å²) in [6, 6.07) is 11.7. The average Bonchev–Trinajstić information content (AvgIpc) is 3.16. The first-order valence-electron chi connectivity index (χ1n) is 11.7. The first-order chi connectivity index (χ1) is 17.9. The maximum Gasteiger partial charge on any atom is 0.343 e. The zero-order chi connectivity index (χ0) is 26.4. The first-order valence-corrected chi connectivity index (χ1v) is 13.6. The second kappa shape index (κ2) is 12.7. The summed E-state index contributed by atoms with van der Waals surface area (Å²) in [4.78, 5) is 33.6. The molecule has 0 atom stereocenters. The normalized spacial score (nSPS) is 18.0. The van der Waals surface area contributed by atoms with E-state index >= 15 is 0 Å². The highest BCUT2D eigenvalue weighted by molar-refractivity contribution is 14.1. The average molecular weight is 637 g/mol. The van der Waals surface area contributed by atoms with Crippen molar-refractivity contribution in [3.05, 3.63) is 50.4 Å². The predicted octanol–water partition coefficient (Wildman–Crippen LogP) is 4.31. The topological polar surface area (TPSA) is 89.9 Å². The van der Waals surface area contributed by atoms with Crippen molar-refractivity contribution >= 4 is 68.8 Å². The predicted molar refractivity (Wildman–Crippen MR) is 153 cm³/mol. The Hall–Kier alpha value is -2.77. The van der Waals surface area contributed by atoms with Gasteiger partial charge in [-0.1, -0.05) is 0 Å². The number of nitrogens with zero attached hydrogens (tertiary/aromatic N) is 3. The summed E-state index contributed by atoms with van der Waals surface area (Å²) in [5, 5.41) is 0.605. The molecule has 9 nitrogen and oxygen atoms in total. The molecule has 0 unspecified atom stereocenters. The molecule has 0 bridgehead atoms. The monoisotopic (exact) mass is 637 g/mol. The lowest BCUT2D eigenvalue weighted by Crippen LogP contribution is -2.36. The van der Waals surface area contributed by atoms with Crippen molar-refractivity contribution < 1.29 is 28.5 Å². The van der Waals surface area contributed by atoms with Gasteiger partial charge in [-0.3, -0.25) is 9.69 Å². The van der Waals surface area contributed by atoms with Crippen LogP contribution in [0.2, 0.25) is 0 Å². The number of aliphatic imine (C=N–C) groups is 1. The molecule has 2 aromatic carbocycles. The number of halogens is 1. The molecular formula is C26H28IN3O6S. The minimum absolute atomic E-state index is 0.132. The highest BCUT2D eigenvalue weighted by atomic mass is 127. The number of methoxy groups -OCH3 is 1. The van der Waals surface area contributed by atoms with E-state index in [2.05, 4.69) is 32.2 Å². The summed E-state index contributed by atoms with van der Waals surface area (Å²) in [6.07, 6.45) is 1.81. The number of benzene rings is 2. The van der Waals surface area contributed by atoms with Gasteiger partial charge in [-0.05, 0) is 89.3 Å². The van der Waals surface area contributed by atoms with Crippen LogP contribution in [0.5, 0.6) is 11.5 Å². The van der Waals surface area contributed by atoms with Crippen LogP contribution in [-0.2, 0) is 19.1 Å². The molecule has 2 fully saturated rings. The largest absolute Gasteiger partial charge is 0.490 e. The molecule has 11 heteroatoms. The summed E-state index contributed by atoms with van der Waals surface area (Å²) in [5.41, 5.74) is 2.69. The third kappa shape index (κ3) is 6.76. The van der Waals surface area contributed by atoms with Gasteiger partial charge in [-0.25, -0.2) is 9.79 Å². The number of hydrogen-bond donors (Lipinski definition) is 0. The molecule has 2 saturated heterocycles. The summed E-state index contributed by atoms with van der Waals surface area (Å²) >= 11 is 3.44. The van der Waals surface area contributed by atoms with Gasteiger partial charge in [0.2, 0.25) is 0 Å². The number of hydrogen-bond acceptors (Lipinski definition) is 9. The van der Waals surface area contributed by atoms with Crippen molar-refractivity contribution in [1.29, 1.82) is 0 Å². The molecule has 0 radical (unpaired) electrons. The molecular weight excluding hydrogens is 609 g/mol. The lowest BCUT2D eigenvalue weighted by atomic mass is 10.2. The Kier molecular flexibility index (Phi) is 9.33. The van der Waals surface area contributed by atoms with E-state index in [1.807, 2.05) is 43.3 Å². The van der Waals surface area contributed by atoms with Crippen LogP contribution in [0, 0.1) is 3.57 Å². The molecule has 2 aromatic rings. The smallest absolute Gasteiger partial charge is 0.343 e. The molecule has 196 valence electrons. The van der Waals surface area contributed by atoms with Crippen LogP contribution in [0.4, 0.5) is 11.4 Å². The number of amidine groups is 1. The fraction of sp³-hybridized carbons (Fsp3) is 0.346. The number of esters is 1. The molecule has 2 aliphatic heterocycles. The number of carbonyl (C=O) groups excluding carboxylic acids is 2. The van der Waals surface area contributed by atoms with E-state index < -0.39 is 5.97 Å². The van der Waals surface area contributed by atoms with E-state index in [9.17, 15) is 9.59 Å². The van der Waals surface area contributed by atoms with E-state index in [1.165, 1.54) is 18.9 Å². The number of likely N-dealkylation sites (N-methyl/N-ethyl adjacent to an activating group) is 1. The van der Waals surface area contributed by atoms with Gasteiger partial charge in [0.05, 0.1) is 41.1 Å². The van der Waals surface area contributed by atoms with E-state index in [-0.39, 0.29) is 12.5 Å². The van der Waals surface area contributed by atoms with Crippen LogP contribution >= 0.6 is 34.4 Å². The van der Waals surface area contributed by atoms with Crippen molar-refractivity contribution in [2.24, 2.45) is 4.99 Å². The zero-order valence-electron chi connectivity index (χ0n) is 20.9. The SMILES string of the molecule is CCOc1cc(/C=C2\SC(=Nc3ccc(N4CCOCC4)cc3)N(C)C2=O)cc(I)c1OCC(=O)OC. The highest BCUT2D eigenvalue weighted by Crippen LogP contribution is 2.38. The minimum atomic E-state index is -0.483. The second-order valence-corrected chi connectivity index (χ2v) is 10.3. The Morgan fingerprint density at radius 1 is 1.19 bits per heavy atom. The third-order valence-corrected chi connectivity index (χ3v) is 7.51. The number of amides is 1. The number of thioether (sulfide) groups is 1.